The van der Waals surface area contributed by atoms with Crippen LogP contribution >= 0.6 is 0 Å². The SMILES string of the molecule is CC(C)(C)OC(=O)N1CCC2(CC1)Cc1cc(-c3ccc(NC(=O)N4CCOCC4)cc3)ccc1O2. The number of morpholine rings is 1. The molecular formula is C28H35N3O5. The lowest BCUT2D eigenvalue weighted by Crippen LogP contribution is -2.50. The maximum atomic E-state index is 12.4. The van der Waals surface area contributed by atoms with Crippen molar-refractivity contribution in [2.75, 3.05) is 44.7 Å². The normalized spacial score (nSPS) is 19.0. The summed E-state index contributed by atoms with van der Waals surface area (Å²) in [6.45, 7) is 9.32. The molecule has 2 saturated heterocycles. The van der Waals surface area contributed by atoms with Crippen molar-refractivity contribution in [2.45, 2.75) is 51.2 Å². The molecule has 8 heteroatoms. The van der Waals surface area contributed by atoms with Crippen LogP contribution in [0.3, 0.4) is 0 Å². The van der Waals surface area contributed by atoms with Crippen LogP contribution in [-0.2, 0) is 15.9 Å². The Labute approximate surface area is 212 Å². The van der Waals surface area contributed by atoms with Gasteiger partial charge in [-0.15, -0.1) is 0 Å². The van der Waals surface area contributed by atoms with Gasteiger partial charge in [0.1, 0.15) is 17.0 Å². The second-order valence-electron chi connectivity index (χ2n) is 10.9. The predicted octanol–water partition coefficient (Wildman–Crippen LogP) is 4.92. The summed E-state index contributed by atoms with van der Waals surface area (Å²) < 4.78 is 17.3. The van der Waals surface area contributed by atoms with E-state index in [9.17, 15) is 9.59 Å². The lowest BCUT2D eigenvalue weighted by Gasteiger charge is -2.39. The maximum absolute atomic E-state index is 12.4. The molecule has 0 atom stereocenters. The Morgan fingerprint density at radius 3 is 2.25 bits per heavy atom. The highest BCUT2D eigenvalue weighted by Crippen LogP contribution is 2.42. The third-order valence-corrected chi connectivity index (χ3v) is 6.99. The van der Waals surface area contributed by atoms with Gasteiger partial charge in [0.15, 0.2) is 0 Å². The lowest BCUT2D eigenvalue weighted by atomic mass is 9.86. The molecule has 0 saturated carbocycles. The summed E-state index contributed by atoms with van der Waals surface area (Å²) in [5, 5.41) is 2.97. The third-order valence-electron chi connectivity index (χ3n) is 6.99. The van der Waals surface area contributed by atoms with Crippen molar-refractivity contribution in [3.05, 3.63) is 48.0 Å². The second-order valence-corrected chi connectivity index (χ2v) is 10.9. The standard InChI is InChI=1S/C28H35N3O5/c1-27(2,3)36-26(33)31-12-10-28(11-13-31)19-22-18-21(6-9-24(22)35-28)20-4-7-23(8-5-20)29-25(32)30-14-16-34-17-15-30/h4-9,18H,10-17,19H2,1-3H3,(H,29,32). The first-order chi connectivity index (χ1) is 17.2. The second kappa shape index (κ2) is 9.65. The lowest BCUT2D eigenvalue weighted by molar-refractivity contribution is -0.00887. The number of hydrogen-bond acceptors (Lipinski definition) is 5. The summed E-state index contributed by atoms with van der Waals surface area (Å²) in [6.07, 6.45) is 2.16. The fraction of sp³-hybridized carbons (Fsp3) is 0.500. The number of benzene rings is 2. The number of nitrogens with zero attached hydrogens (tertiary/aromatic N) is 2. The maximum Gasteiger partial charge on any atom is 0.410 e. The van der Waals surface area contributed by atoms with E-state index in [4.69, 9.17) is 14.2 Å². The van der Waals surface area contributed by atoms with Gasteiger partial charge < -0.3 is 29.3 Å². The highest BCUT2D eigenvalue weighted by atomic mass is 16.6. The number of piperidine rings is 1. The molecule has 1 N–H and O–H groups in total. The van der Waals surface area contributed by atoms with Gasteiger partial charge in [-0.25, -0.2) is 9.59 Å². The van der Waals surface area contributed by atoms with Gasteiger partial charge in [-0.1, -0.05) is 18.2 Å². The minimum absolute atomic E-state index is 0.0938. The summed E-state index contributed by atoms with van der Waals surface area (Å²) in [6, 6.07) is 14.2. The van der Waals surface area contributed by atoms with Crippen molar-refractivity contribution in [1.29, 1.82) is 0 Å². The number of amides is 3. The Hall–Kier alpha value is -3.26. The van der Waals surface area contributed by atoms with Crippen LogP contribution in [0.25, 0.3) is 11.1 Å². The first kappa shape index (κ1) is 24.4. The number of carbonyl (C=O) groups is 2. The zero-order chi connectivity index (χ0) is 25.3. The number of hydrogen-bond donors (Lipinski definition) is 1. The molecule has 0 unspecified atom stereocenters. The van der Waals surface area contributed by atoms with Crippen LogP contribution in [0.1, 0.15) is 39.2 Å². The smallest absolute Gasteiger partial charge is 0.410 e. The van der Waals surface area contributed by atoms with Gasteiger partial charge in [-0.3, -0.25) is 0 Å². The van der Waals surface area contributed by atoms with Crippen LogP contribution < -0.4 is 10.1 Å². The average Bonchev–Trinajstić information content (AvgIpc) is 3.21. The Bertz CT molecular complexity index is 1110. The number of nitrogens with one attached hydrogen (secondary N) is 1. The van der Waals surface area contributed by atoms with Crippen molar-refractivity contribution < 1.29 is 23.8 Å². The van der Waals surface area contributed by atoms with E-state index in [2.05, 4.69) is 17.4 Å². The van der Waals surface area contributed by atoms with Crippen LogP contribution in [0, 0.1) is 0 Å². The monoisotopic (exact) mass is 493 g/mol. The highest BCUT2D eigenvalue weighted by Gasteiger charge is 2.43. The minimum Gasteiger partial charge on any atom is -0.487 e. The molecule has 2 aromatic rings. The van der Waals surface area contributed by atoms with E-state index in [0.717, 1.165) is 41.8 Å². The van der Waals surface area contributed by atoms with E-state index >= 15 is 0 Å². The molecule has 2 aromatic carbocycles. The van der Waals surface area contributed by atoms with Crippen molar-refractivity contribution in [3.63, 3.8) is 0 Å². The Kier molecular flexibility index (Phi) is 6.55. The fourth-order valence-electron chi connectivity index (χ4n) is 5.03. The molecule has 36 heavy (non-hydrogen) atoms. The van der Waals surface area contributed by atoms with Crippen molar-refractivity contribution in [2.24, 2.45) is 0 Å². The number of likely N-dealkylation sites (tertiary alicyclic amines) is 1. The molecule has 192 valence electrons. The first-order valence-corrected chi connectivity index (χ1v) is 12.7. The van der Waals surface area contributed by atoms with Crippen LogP contribution in [0.15, 0.2) is 42.5 Å². The van der Waals surface area contributed by atoms with Crippen molar-refractivity contribution >= 4 is 17.8 Å². The quantitative estimate of drug-likeness (QED) is 0.642. The molecular weight excluding hydrogens is 458 g/mol. The largest absolute Gasteiger partial charge is 0.487 e. The number of fused-ring (bicyclic) bond motifs is 1. The van der Waals surface area contributed by atoms with Gasteiger partial charge in [0.05, 0.1) is 13.2 Å². The van der Waals surface area contributed by atoms with Gasteiger partial charge in [-0.2, -0.15) is 0 Å². The van der Waals surface area contributed by atoms with Crippen LogP contribution in [0.2, 0.25) is 0 Å². The summed E-state index contributed by atoms with van der Waals surface area (Å²) in [7, 11) is 0. The third kappa shape index (κ3) is 5.43. The molecule has 0 aromatic heterocycles. The van der Waals surface area contributed by atoms with Gasteiger partial charge in [0.2, 0.25) is 0 Å². The van der Waals surface area contributed by atoms with Crippen LogP contribution in [0.5, 0.6) is 5.75 Å². The molecule has 0 bridgehead atoms. The fourth-order valence-corrected chi connectivity index (χ4v) is 5.03. The van der Waals surface area contributed by atoms with Crippen LogP contribution in [0.4, 0.5) is 15.3 Å². The van der Waals surface area contributed by atoms with Gasteiger partial charge in [0, 0.05) is 51.1 Å². The molecule has 3 heterocycles. The Balaban J connectivity index is 1.20. The van der Waals surface area contributed by atoms with Crippen molar-refractivity contribution in [1.82, 2.24) is 9.80 Å². The molecule has 5 rings (SSSR count). The molecule has 8 nitrogen and oxygen atoms in total. The van der Waals surface area contributed by atoms with E-state index in [1.165, 1.54) is 5.56 Å². The van der Waals surface area contributed by atoms with E-state index in [0.29, 0.717) is 39.4 Å². The molecule has 3 aliphatic rings. The Morgan fingerprint density at radius 1 is 0.917 bits per heavy atom. The van der Waals surface area contributed by atoms with E-state index in [1.54, 1.807) is 9.80 Å². The van der Waals surface area contributed by atoms with Crippen molar-refractivity contribution in [3.8, 4) is 16.9 Å². The molecule has 0 radical (unpaired) electrons. The summed E-state index contributed by atoms with van der Waals surface area (Å²) in [5.41, 5.74) is 3.43. The summed E-state index contributed by atoms with van der Waals surface area (Å²) >= 11 is 0. The topological polar surface area (TPSA) is 80.3 Å². The van der Waals surface area contributed by atoms with E-state index in [-0.39, 0.29) is 17.7 Å². The number of ether oxygens (including phenoxy) is 3. The van der Waals surface area contributed by atoms with Crippen LogP contribution in [-0.4, -0.2) is 72.5 Å². The van der Waals surface area contributed by atoms with E-state index < -0.39 is 5.60 Å². The first-order valence-electron chi connectivity index (χ1n) is 12.7. The van der Waals surface area contributed by atoms with E-state index in [1.807, 2.05) is 51.1 Å². The van der Waals surface area contributed by atoms with Gasteiger partial charge in [-0.05, 0) is 61.7 Å². The highest BCUT2D eigenvalue weighted by molar-refractivity contribution is 5.89. The number of carbonyl (C=O) groups excluding carboxylic acids is 2. The predicted molar refractivity (Wildman–Crippen MR) is 137 cm³/mol. The average molecular weight is 494 g/mol. The number of urea groups is 1. The Morgan fingerprint density at radius 2 is 1.58 bits per heavy atom. The molecule has 2 fully saturated rings. The zero-order valence-corrected chi connectivity index (χ0v) is 21.3. The summed E-state index contributed by atoms with van der Waals surface area (Å²) in [5.74, 6) is 0.930. The summed E-state index contributed by atoms with van der Waals surface area (Å²) in [4.78, 5) is 28.4. The van der Waals surface area contributed by atoms with Gasteiger partial charge >= 0.3 is 12.1 Å². The number of rotatable bonds is 2. The zero-order valence-electron chi connectivity index (χ0n) is 21.3. The molecule has 3 amide bonds. The number of anilines is 1. The molecule has 1 spiro atoms. The minimum atomic E-state index is -0.491. The molecule has 3 aliphatic heterocycles. The molecule has 0 aliphatic carbocycles. The van der Waals surface area contributed by atoms with Gasteiger partial charge in [0.25, 0.3) is 0 Å².